The number of nitrogens with one attached hydrogen (secondary N) is 2. The Labute approximate surface area is 236 Å². The summed E-state index contributed by atoms with van der Waals surface area (Å²) in [4.78, 5) is 29.1. The van der Waals surface area contributed by atoms with E-state index >= 15 is 0 Å². The molecule has 1 saturated heterocycles. The first-order valence-corrected chi connectivity index (χ1v) is 13.7. The van der Waals surface area contributed by atoms with Crippen LogP contribution in [0.4, 0.5) is 8.78 Å². The lowest BCUT2D eigenvalue weighted by Crippen LogP contribution is -2.59. The van der Waals surface area contributed by atoms with Crippen molar-refractivity contribution in [2.75, 3.05) is 13.1 Å². The number of piperidine rings is 1. The second-order valence-electron chi connectivity index (χ2n) is 10.4. The first kappa shape index (κ1) is 27.8. The summed E-state index contributed by atoms with van der Waals surface area (Å²) in [7, 11) is 0. The molecular weight excluding hydrogens is 534 g/mol. The molecule has 0 bridgehead atoms. The molecule has 206 valence electrons. The van der Waals surface area contributed by atoms with Crippen LogP contribution < -0.4 is 10.6 Å². The van der Waals surface area contributed by atoms with Gasteiger partial charge in [-0.1, -0.05) is 48.0 Å². The van der Waals surface area contributed by atoms with Gasteiger partial charge in [-0.25, -0.2) is 8.78 Å². The number of hydrogen-bond donors (Lipinski definition) is 2. The van der Waals surface area contributed by atoms with Gasteiger partial charge in [-0.05, 0) is 61.6 Å². The maximum absolute atomic E-state index is 14.5. The molecule has 0 unspecified atom stereocenters. The molecule has 0 spiro atoms. The van der Waals surface area contributed by atoms with E-state index in [4.69, 9.17) is 11.6 Å². The number of hydrogen-bond acceptors (Lipinski definition) is 4. The van der Waals surface area contributed by atoms with Gasteiger partial charge in [0, 0.05) is 47.3 Å². The Morgan fingerprint density at radius 3 is 2.25 bits per heavy atom. The molecule has 0 radical (unpaired) electrons. The fourth-order valence-corrected chi connectivity index (χ4v) is 5.42. The number of nitrogens with zero attached hydrogens (tertiary/aromatic N) is 2. The van der Waals surface area contributed by atoms with E-state index in [0.717, 1.165) is 36.1 Å². The van der Waals surface area contributed by atoms with Gasteiger partial charge >= 0.3 is 0 Å². The average Bonchev–Trinajstić information content (AvgIpc) is 3.81. The van der Waals surface area contributed by atoms with Crippen molar-refractivity contribution < 1.29 is 18.4 Å². The standard InChI is InChI=1S/C31H29ClF2N4O2/c32-25-5-2-1-4-23(25)20-8-10-21(11-9-20)29(39)36-28(18-24-26(33)6-3-7-27(24)34)30(40)37-31(19-35)14-16-38(17-15-31)22-12-13-22/h1-11,22,28H,12-18H2,(H,36,39)(H,37,40)/t28-/m0/s1. The van der Waals surface area contributed by atoms with E-state index in [2.05, 4.69) is 21.6 Å². The summed E-state index contributed by atoms with van der Waals surface area (Å²) in [6, 6.07) is 18.9. The van der Waals surface area contributed by atoms with Crippen molar-refractivity contribution >= 4 is 23.4 Å². The van der Waals surface area contributed by atoms with E-state index in [-0.39, 0.29) is 11.1 Å². The van der Waals surface area contributed by atoms with Crippen LogP contribution in [0.5, 0.6) is 0 Å². The Morgan fingerprint density at radius 2 is 1.65 bits per heavy atom. The molecule has 2 fully saturated rings. The molecule has 0 aromatic heterocycles. The van der Waals surface area contributed by atoms with Crippen molar-refractivity contribution in [3.63, 3.8) is 0 Å². The number of benzene rings is 3. The third-order valence-corrected chi connectivity index (χ3v) is 8.04. The van der Waals surface area contributed by atoms with Crippen molar-refractivity contribution in [1.82, 2.24) is 15.5 Å². The highest BCUT2D eigenvalue weighted by Gasteiger charge is 2.41. The lowest BCUT2D eigenvalue weighted by atomic mass is 9.88. The number of rotatable bonds is 8. The van der Waals surface area contributed by atoms with Gasteiger partial charge in [-0.15, -0.1) is 0 Å². The lowest BCUT2D eigenvalue weighted by molar-refractivity contribution is -0.124. The summed E-state index contributed by atoms with van der Waals surface area (Å²) >= 11 is 6.29. The zero-order chi connectivity index (χ0) is 28.3. The van der Waals surface area contributed by atoms with E-state index in [1.54, 1.807) is 30.3 Å². The predicted molar refractivity (Wildman–Crippen MR) is 149 cm³/mol. The van der Waals surface area contributed by atoms with Crippen LogP contribution in [0.3, 0.4) is 0 Å². The molecule has 6 nitrogen and oxygen atoms in total. The molecule has 3 aromatic carbocycles. The minimum absolute atomic E-state index is 0.260. The summed E-state index contributed by atoms with van der Waals surface area (Å²) in [5, 5.41) is 16.0. The van der Waals surface area contributed by atoms with E-state index in [0.29, 0.717) is 37.0 Å². The second kappa shape index (κ2) is 11.7. The number of nitriles is 1. The first-order valence-electron chi connectivity index (χ1n) is 13.3. The Bertz CT molecular complexity index is 1420. The van der Waals surface area contributed by atoms with Gasteiger partial charge in [0.1, 0.15) is 23.2 Å². The van der Waals surface area contributed by atoms with Crippen molar-refractivity contribution in [1.29, 1.82) is 5.26 Å². The van der Waals surface area contributed by atoms with Crippen molar-refractivity contribution in [3.05, 3.63) is 94.5 Å². The van der Waals surface area contributed by atoms with Crippen LogP contribution in [-0.4, -0.2) is 47.4 Å². The predicted octanol–water partition coefficient (Wildman–Crippen LogP) is 5.26. The Hall–Kier alpha value is -3.80. The molecule has 1 saturated carbocycles. The normalized spacial score (nSPS) is 17.4. The zero-order valence-corrected chi connectivity index (χ0v) is 22.6. The van der Waals surface area contributed by atoms with Gasteiger partial charge in [-0.3, -0.25) is 9.59 Å². The van der Waals surface area contributed by atoms with Crippen LogP contribution in [0, 0.1) is 23.0 Å². The molecule has 2 N–H and O–H groups in total. The topological polar surface area (TPSA) is 85.2 Å². The molecule has 1 aliphatic carbocycles. The van der Waals surface area contributed by atoms with Crippen LogP contribution >= 0.6 is 11.6 Å². The minimum atomic E-state index is -1.31. The molecule has 5 rings (SSSR count). The quantitative estimate of drug-likeness (QED) is 0.392. The van der Waals surface area contributed by atoms with E-state index < -0.39 is 41.5 Å². The van der Waals surface area contributed by atoms with Gasteiger partial charge in [-0.2, -0.15) is 5.26 Å². The highest BCUT2D eigenvalue weighted by molar-refractivity contribution is 6.33. The Morgan fingerprint density at radius 1 is 1.00 bits per heavy atom. The Balaban J connectivity index is 1.35. The molecule has 2 amide bonds. The van der Waals surface area contributed by atoms with Crippen LogP contribution in [0.25, 0.3) is 11.1 Å². The fourth-order valence-electron chi connectivity index (χ4n) is 5.18. The Kier molecular flexibility index (Phi) is 8.15. The summed E-state index contributed by atoms with van der Waals surface area (Å²) in [6.07, 6.45) is 2.75. The number of likely N-dealkylation sites (tertiary alicyclic amines) is 1. The molecule has 2 aliphatic rings. The summed E-state index contributed by atoms with van der Waals surface area (Å²) in [5.74, 6) is -2.88. The lowest BCUT2D eigenvalue weighted by Gasteiger charge is -2.38. The highest BCUT2D eigenvalue weighted by atomic mass is 35.5. The van der Waals surface area contributed by atoms with E-state index in [1.807, 2.05) is 18.2 Å². The monoisotopic (exact) mass is 562 g/mol. The van der Waals surface area contributed by atoms with Crippen LogP contribution in [0.15, 0.2) is 66.7 Å². The number of halogens is 3. The van der Waals surface area contributed by atoms with Gasteiger partial charge in [0.25, 0.3) is 5.91 Å². The number of carbonyl (C=O) groups excluding carboxylic acids is 2. The minimum Gasteiger partial charge on any atom is -0.340 e. The summed E-state index contributed by atoms with van der Waals surface area (Å²) in [5.41, 5.74) is 0.439. The molecule has 3 aromatic rings. The number of carbonyl (C=O) groups is 2. The van der Waals surface area contributed by atoms with Gasteiger partial charge in [0.05, 0.1) is 6.07 Å². The third kappa shape index (κ3) is 6.16. The fraction of sp³-hybridized carbons (Fsp3) is 0.323. The van der Waals surface area contributed by atoms with Gasteiger partial charge in [0.2, 0.25) is 5.91 Å². The molecule has 9 heteroatoms. The van der Waals surface area contributed by atoms with Crippen LogP contribution in [0.1, 0.15) is 41.6 Å². The largest absolute Gasteiger partial charge is 0.340 e. The van der Waals surface area contributed by atoms with Gasteiger partial charge in [0.15, 0.2) is 0 Å². The summed E-state index contributed by atoms with van der Waals surface area (Å²) < 4.78 is 29.1. The molecule has 1 aliphatic heterocycles. The van der Waals surface area contributed by atoms with Gasteiger partial charge < -0.3 is 15.5 Å². The van der Waals surface area contributed by atoms with E-state index in [9.17, 15) is 23.6 Å². The second-order valence-corrected chi connectivity index (χ2v) is 10.8. The molecule has 1 heterocycles. The van der Waals surface area contributed by atoms with Crippen molar-refractivity contribution in [2.45, 2.75) is 49.7 Å². The number of amides is 2. The smallest absolute Gasteiger partial charge is 0.251 e. The maximum atomic E-state index is 14.5. The highest BCUT2D eigenvalue weighted by Crippen LogP contribution is 2.32. The summed E-state index contributed by atoms with van der Waals surface area (Å²) in [6.45, 7) is 1.35. The van der Waals surface area contributed by atoms with E-state index in [1.165, 1.54) is 6.07 Å². The molecular formula is C31H29ClF2N4O2. The average molecular weight is 563 g/mol. The van der Waals surface area contributed by atoms with Crippen LogP contribution in [0.2, 0.25) is 5.02 Å². The van der Waals surface area contributed by atoms with Crippen LogP contribution in [-0.2, 0) is 11.2 Å². The zero-order valence-electron chi connectivity index (χ0n) is 21.8. The molecule has 1 atom stereocenters. The SMILES string of the molecule is N#CC1(NC(=O)[C@H](Cc2c(F)cccc2F)NC(=O)c2ccc(-c3ccccc3Cl)cc2)CCN(C2CC2)CC1. The third-order valence-electron chi connectivity index (χ3n) is 7.72. The van der Waals surface area contributed by atoms with Crippen molar-refractivity contribution in [3.8, 4) is 17.2 Å². The maximum Gasteiger partial charge on any atom is 0.251 e. The first-order chi connectivity index (χ1) is 19.3. The van der Waals surface area contributed by atoms with Crippen molar-refractivity contribution in [2.24, 2.45) is 0 Å². The molecule has 40 heavy (non-hydrogen) atoms.